The second kappa shape index (κ2) is 8.51. The lowest BCUT2D eigenvalue weighted by molar-refractivity contribution is 0.0255. The van der Waals surface area contributed by atoms with Crippen LogP contribution in [0.1, 0.15) is 38.4 Å². The van der Waals surface area contributed by atoms with Gasteiger partial charge in [-0.05, 0) is 56.9 Å². The lowest BCUT2D eigenvalue weighted by Crippen LogP contribution is -2.44. The first-order valence-electron chi connectivity index (χ1n) is 8.43. The van der Waals surface area contributed by atoms with Crippen LogP contribution in [0.3, 0.4) is 0 Å². The van der Waals surface area contributed by atoms with Gasteiger partial charge >= 0.3 is 6.09 Å². The molecule has 0 bridgehead atoms. The van der Waals surface area contributed by atoms with Crippen LogP contribution in [-0.4, -0.2) is 47.9 Å². The van der Waals surface area contributed by atoms with Gasteiger partial charge in [0.25, 0.3) is 0 Å². The molecule has 1 aliphatic heterocycles. The van der Waals surface area contributed by atoms with Gasteiger partial charge in [-0.2, -0.15) is 5.26 Å². The maximum Gasteiger partial charge on any atom is 0.410 e. The zero-order valence-electron chi connectivity index (χ0n) is 15.6. The Balaban J connectivity index is 2.08. The molecule has 6 nitrogen and oxygen atoms in total. The van der Waals surface area contributed by atoms with Crippen molar-refractivity contribution in [2.75, 3.05) is 20.3 Å². The van der Waals surface area contributed by atoms with Crippen LogP contribution in [0.5, 0.6) is 0 Å². The molecular weight excluding hydrogens is 330 g/mol. The SMILES string of the molecule is COC(C)COC(=O)N1CC/C(=C\C#Cc2cc(C#N)ccn2)C1(C)C. The van der Waals surface area contributed by atoms with Crippen LogP contribution >= 0.6 is 0 Å². The summed E-state index contributed by atoms with van der Waals surface area (Å²) in [4.78, 5) is 18.2. The van der Waals surface area contributed by atoms with Crippen LogP contribution in [-0.2, 0) is 9.47 Å². The highest BCUT2D eigenvalue weighted by atomic mass is 16.6. The minimum absolute atomic E-state index is 0.137. The van der Waals surface area contributed by atoms with Gasteiger partial charge in [0.2, 0.25) is 0 Å². The van der Waals surface area contributed by atoms with Gasteiger partial charge in [0.15, 0.2) is 0 Å². The number of hydrogen-bond acceptors (Lipinski definition) is 5. The number of pyridine rings is 1. The molecule has 0 radical (unpaired) electrons. The summed E-state index contributed by atoms with van der Waals surface area (Å²) in [7, 11) is 1.58. The van der Waals surface area contributed by atoms with E-state index in [9.17, 15) is 4.79 Å². The second-order valence-corrected chi connectivity index (χ2v) is 6.56. The molecule has 0 N–H and O–H groups in total. The van der Waals surface area contributed by atoms with Crippen LogP contribution in [0, 0.1) is 23.2 Å². The highest BCUT2D eigenvalue weighted by molar-refractivity contribution is 5.70. The van der Waals surface area contributed by atoms with Crippen LogP contribution in [0.2, 0.25) is 0 Å². The molecule has 0 aromatic carbocycles. The maximum absolute atomic E-state index is 12.3. The first kappa shape index (κ1) is 19.5. The number of aromatic nitrogens is 1. The Morgan fingerprint density at radius 2 is 2.31 bits per heavy atom. The third-order valence-corrected chi connectivity index (χ3v) is 4.47. The standard InChI is InChI=1S/C20H23N3O3/c1-15(25-4)14-26-19(24)23-11-9-17(20(23,2)3)6-5-7-18-12-16(13-21)8-10-22-18/h6,8,10,12,15H,9,11,14H2,1-4H3/b17-6+. The average molecular weight is 353 g/mol. The van der Waals surface area contributed by atoms with Gasteiger partial charge in [-0.25, -0.2) is 9.78 Å². The Labute approximate surface area is 154 Å². The van der Waals surface area contributed by atoms with Crippen molar-refractivity contribution in [3.8, 4) is 17.9 Å². The molecule has 136 valence electrons. The summed E-state index contributed by atoms with van der Waals surface area (Å²) in [5.74, 6) is 5.92. The number of carbonyl (C=O) groups excluding carboxylic acids is 1. The molecule has 1 fully saturated rings. The topological polar surface area (TPSA) is 75.5 Å². The molecule has 1 amide bonds. The van der Waals surface area contributed by atoms with E-state index in [1.165, 1.54) is 0 Å². The molecule has 2 heterocycles. The Hall–Kier alpha value is -2.83. The van der Waals surface area contributed by atoms with Gasteiger partial charge in [-0.3, -0.25) is 4.90 Å². The normalized spacial score (nSPS) is 18.0. The number of methoxy groups -OCH3 is 1. The largest absolute Gasteiger partial charge is 0.447 e. The molecule has 1 unspecified atom stereocenters. The summed E-state index contributed by atoms with van der Waals surface area (Å²) in [6, 6.07) is 5.35. The summed E-state index contributed by atoms with van der Waals surface area (Å²) < 4.78 is 10.4. The molecule has 1 saturated heterocycles. The summed E-state index contributed by atoms with van der Waals surface area (Å²) >= 11 is 0. The molecule has 1 aliphatic rings. The molecule has 6 heteroatoms. The number of rotatable bonds is 3. The average Bonchev–Trinajstić information content (AvgIpc) is 2.94. The predicted octanol–water partition coefficient (Wildman–Crippen LogP) is 2.89. The number of ether oxygens (including phenoxy) is 2. The van der Waals surface area contributed by atoms with Gasteiger partial charge in [0, 0.05) is 19.9 Å². The summed E-state index contributed by atoms with van der Waals surface area (Å²) in [6.45, 7) is 6.61. The van der Waals surface area contributed by atoms with E-state index in [0.29, 0.717) is 17.8 Å². The van der Waals surface area contributed by atoms with Crippen molar-refractivity contribution >= 4 is 6.09 Å². The van der Waals surface area contributed by atoms with Gasteiger partial charge in [0.05, 0.1) is 23.3 Å². The van der Waals surface area contributed by atoms with Gasteiger partial charge < -0.3 is 9.47 Å². The highest BCUT2D eigenvalue weighted by Gasteiger charge is 2.40. The number of likely N-dealkylation sites (tertiary alicyclic amines) is 1. The van der Waals surface area contributed by atoms with E-state index in [-0.39, 0.29) is 18.8 Å². The fraction of sp³-hybridized carbons (Fsp3) is 0.450. The molecule has 2 rings (SSSR count). The van der Waals surface area contributed by atoms with Crippen molar-refractivity contribution in [3.05, 3.63) is 41.2 Å². The Bertz CT molecular complexity index is 796. The monoisotopic (exact) mass is 353 g/mol. The molecule has 1 atom stereocenters. The number of hydrogen-bond donors (Lipinski definition) is 0. The van der Waals surface area contributed by atoms with Crippen molar-refractivity contribution in [2.45, 2.75) is 38.8 Å². The molecule has 1 aromatic rings. The fourth-order valence-corrected chi connectivity index (χ4v) is 2.66. The van der Waals surface area contributed by atoms with Crippen molar-refractivity contribution in [1.82, 2.24) is 9.88 Å². The third kappa shape index (κ3) is 4.62. The number of carbonyl (C=O) groups is 1. The zero-order valence-corrected chi connectivity index (χ0v) is 15.6. The Morgan fingerprint density at radius 3 is 3.00 bits per heavy atom. The summed E-state index contributed by atoms with van der Waals surface area (Å²) in [5.41, 5.74) is 1.65. The maximum atomic E-state index is 12.3. The lowest BCUT2D eigenvalue weighted by atomic mass is 9.95. The quantitative estimate of drug-likeness (QED) is 0.781. The van der Waals surface area contributed by atoms with E-state index < -0.39 is 5.54 Å². The van der Waals surface area contributed by atoms with Crippen LogP contribution in [0.15, 0.2) is 30.0 Å². The number of nitriles is 1. The van der Waals surface area contributed by atoms with Crippen molar-refractivity contribution in [1.29, 1.82) is 5.26 Å². The van der Waals surface area contributed by atoms with E-state index in [1.54, 1.807) is 30.3 Å². The van der Waals surface area contributed by atoms with Gasteiger partial charge in [-0.15, -0.1) is 0 Å². The highest BCUT2D eigenvalue weighted by Crippen LogP contribution is 2.34. The zero-order chi connectivity index (χ0) is 19.2. The van der Waals surface area contributed by atoms with E-state index in [0.717, 1.165) is 12.0 Å². The minimum atomic E-state index is -0.468. The minimum Gasteiger partial charge on any atom is -0.447 e. The van der Waals surface area contributed by atoms with E-state index in [4.69, 9.17) is 14.7 Å². The van der Waals surface area contributed by atoms with Crippen LogP contribution in [0.25, 0.3) is 0 Å². The Kier molecular flexibility index (Phi) is 6.38. The lowest BCUT2D eigenvalue weighted by Gasteiger charge is -2.31. The molecule has 0 saturated carbocycles. The molecule has 0 aliphatic carbocycles. The first-order chi connectivity index (χ1) is 12.4. The van der Waals surface area contributed by atoms with Crippen LogP contribution in [0.4, 0.5) is 4.79 Å². The van der Waals surface area contributed by atoms with E-state index in [1.807, 2.05) is 26.8 Å². The van der Waals surface area contributed by atoms with E-state index in [2.05, 4.69) is 22.9 Å². The fourth-order valence-electron chi connectivity index (χ4n) is 2.66. The molecule has 0 spiro atoms. The second-order valence-electron chi connectivity index (χ2n) is 6.56. The number of allylic oxidation sites excluding steroid dienone is 1. The van der Waals surface area contributed by atoms with E-state index >= 15 is 0 Å². The van der Waals surface area contributed by atoms with Crippen LogP contribution < -0.4 is 0 Å². The van der Waals surface area contributed by atoms with Crippen molar-refractivity contribution < 1.29 is 14.3 Å². The summed E-state index contributed by atoms with van der Waals surface area (Å²) in [6.07, 6.45) is 3.64. The Morgan fingerprint density at radius 1 is 1.54 bits per heavy atom. The molecule has 26 heavy (non-hydrogen) atoms. The molecule has 1 aromatic heterocycles. The number of amides is 1. The van der Waals surface area contributed by atoms with Crippen molar-refractivity contribution in [3.63, 3.8) is 0 Å². The summed E-state index contributed by atoms with van der Waals surface area (Å²) in [5, 5.41) is 8.91. The van der Waals surface area contributed by atoms with Gasteiger partial charge in [-0.1, -0.05) is 5.92 Å². The molecular formula is C20H23N3O3. The number of nitrogens with zero attached hydrogens (tertiary/aromatic N) is 3. The van der Waals surface area contributed by atoms with Crippen molar-refractivity contribution in [2.24, 2.45) is 0 Å². The predicted molar refractivity (Wildman–Crippen MR) is 97.1 cm³/mol. The smallest absolute Gasteiger partial charge is 0.410 e. The first-order valence-corrected chi connectivity index (χ1v) is 8.43. The third-order valence-electron chi connectivity index (χ3n) is 4.47. The van der Waals surface area contributed by atoms with Gasteiger partial charge in [0.1, 0.15) is 12.3 Å².